The van der Waals surface area contributed by atoms with E-state index in [1.54, 1.807) is 20.1 Å². The summed E-state index contributed by atoms with van der Waals surface area (Å²) in [5.41, 5.74) is 1.84. The lowest BCUT2D eigenvalue weighted by Gasteiger charge is -2.04. The van der Waals surface area contributed by atoms with Crippen molar-refractivity contribution in [1.82, 2.24) is 5.16 Å². The number of nitrogens with zero attached hydrogens (tertiary/aromatic N) is 1. The van der Waals surface area contributed by atoms with Gasteiger partial charge in [0.1, 0.15) is 5.75 Å². The van der Waals surface area contributed by atoms with Crippen molar-refractivity contribution in [3.8, 4) is 17.1 Å². The summed E-state index contributed by atoms with van der Waals surface area (Å²) in [6.45, 7) is 1.73. The minimum Gasteiger partial charge on any atom is -0.496 e. The van der Waals surface area contributed by atoms with Crippen LogP contribution in [0.25, 0.3) is 11.3 Å². The van der Waals surface area contributed by atoms with Crippen LogP contribution >= 0.6 is 15.9 Å². The lowest BCUT2D eigenvalue weighted by Crippen LogP contribution is -1.87. The molecule has 0 spiro atoms. The Balaban J connectivity index is 2.53. The van der Waals surface area contributed by atoms with E-state index in [0.717, 1.165) is 22.1 Å². The predicted octanol–water partition coefficient (Wildman–Crippen LogP) is 3.23. The van der Waals surface area contributed by atoms with E-state index in [1.807, 2.05) is 12.1 Å². The number of aryl methyl sites for hydroxylation is 1. The molecule has 4 nitrogen and oxygen atoms in total. The molecule has 5 heteroatoms. The molecule has 17 heavy (non-hydrogen) atoms. The minimum absolute atomic E-state index is 0.473. The van der Waals surface area contributed by atoms with Crippen molar-refractivity contribution in [1.29, 1.82) is 0 Å². The number of benzene rings is 1. The molecule has 0 radical (unpaired) electrons. The largest absolute Gasteiger partial charge is 0.496 e. The molecule has 0 N–H and O–H groups in total. The quantitative estimate of drug-likeness (QED) is 0.816. The van der Waals surface area contributed by atoms with Gasteiger partial charge in [0.25, 0.3) is 0 Å². The second-order valence-electron chi connectivity index (χ2n) is 3.48. The van der Waals surface area contributed by atoms with E-state index in [9.17, 15) is 4.79 Å². The van der Waals surface area contributed by atoms with Crippen molar-refractivity contribution >= 4 is 22.2 Å². The van der Waals surface area contributed by atoms with Crippen LogP contribution in [0.1, 0.15) is 16.1 Å². The van der Waals surface area contributed by atoms with Crippen LogP contribution in [-0.4, -0.2) is 18.6 Å². The molecule has 88 valence electrons. The van der Waals surface area contributed by atoms with Crippen LogP contribution in [-0.2, 0) is 0 Å². The molecule has 1 aromatic heterocycles. The van der Waals surface area contributed by atoms with Gasteiger partial charge in [0, 0.05) is 5.56 Å². The molecule has 0 aliphatic heterocycles. The van der Waals surface area contributed by atoms with Crippen LogP contribution in [0.4, 0.5) is 0 Å². The fourth-order valence-corrected chi connectivity index (χ4v) is 2.07. The van der Waals surface area contributed by atoms with Crippen molar-refractivity contribution in [2.75, 3.05) is 7.11 Å². The van der Waals surface area contributed by atoms with Gasteiger partial charge in [-0.3, -0.25) is 4.79 Å². The van der Waals surface area contributed by atoms with Crippen LogP contribution < -0.4 is 4.74 Å². The van der Waals surface area contributed by atoms with Gasteiger partial charge in [0.15, 0.2) is 12.0 Å². The van der Waals surface area contributed by atoms with Gasteiger partial charge in [-0.25, -0.2) is 0 Å². The molecular formula is C12H10BrNO3. The third kappa shape index (κ3) is 2.10. The molecule has 2 rings (SSSR count). The number of methoxy groups -OCH3 is 1. The van der Waals surface area contributed by atoms with Crippen molar-refractivity contribution in [2.24, 2.45) is 0 Å². The smallest absolute Gasteiger partial charge is 0.177 e. The Bertz CT molecular complexity index is 563. The highest BCUT2D eigenvalue weighted by Crippen LogP contribution is 2.32. The first-order valence-electron chi connectivity index (χ1n) is 4.92. The number of hydrogen-bond acceptors (Lipinski definition) is 4. The van der Waals surface area contributed by atoms with Gasteiger partial charge in [-0.2, -0.15) is 0 Å². The van der Waals surface area contributed by atoms with Crippen molar-refractivity contribution in [3.63, 3.8) is 0 Å². The molecule has 1 aromatic carbocycles. The summed E-state index contributed by atoms with van der Waals surface area (Å²) in [4.78, 5) is 11.0. The van der Waals surface area contributed by atoms with Gasteiger partial charge in [0.05, 0.1) is 22.8 Å². The summed E-state index contributed by atoms with van der Waals surface area (Å²) >= 11 is 3.38. The highest BCUT2D eigenvalue weighted by atomic mass is 79.9. The van der Waals surface area contributed by atoms with E-state index in [2.05, 4.69) is 21.1 Å². The Morgan fingerprint density at radius 1 is 1.47 bits per heavy atom. The molecule has 0 unspecified atom stereocenters. The van der Waals surface area contributed by atoms with Gasteiger partial charge in [-0.05, 0) is 41.1 Å². The topological polar surface area (TPSA) is 52.3 Å². The zero-order chi connectivity index (χ0) is 12.4. The lowest BCUT2D eigenvalue weighted by molar-refractivity contribution is 0.112. The third-order valence-corrected chi connectivity index (χ3v) is 3.06. The summed E-state index contributed by atoms with van der Waals surface area (Å²) in [5, 5.41) is 3.78. The lowest BCUT2D eigenvalue weighted by atomic mass is 10.1. The van der Waals surface area contributed by atoms with Gasteiger partial charge >= 0.3 is 0 Å². The molecule has 0 saturated carbocycles. The van der Waals surface area contributed by atoms with Crippen molar-refractivity contribution < 1.29 is 14.1 Å². The summed E-state index contributed by atoms with van der Waals surface area (Å²) in [5.74, 6) is 1.19. The molecule has 0 saturated heterocycles. The Labute approximate surface area is 107 Å². The van der Waals surface area contributed by atoms with Crippen LogP contribution in [0.5, 0.6) is 5.75 Å². The molecule has 0 atom stereocenters. The van der Waals surface area contributed by atoms with Crippen LogP contribution in [0.15, 0.2) is 27.2 Å². The first-order chi connectivity index (χ1) is 8.17. The first kappa shape index (κ1) is 11.9. The number of rotatable bonds is 3. The zero-order valence-corrected chi connectivity index (χ0v) is 10.9. The third-order valence-electron chi connectivity index (χ3n) is 2.44. The monoisotopic (exact) mass is 295 g/mol. The summed E-state index contributed by atoms with van der Waals surface area (Å²) in [7, 11) is 1.59. The number of ether oxygens (including phenoxy) is 1. The maximum absolute atomic E-state index is 11.0. The van der Waals surface area contributed by atoms with Crippen molar-refractivity contribution in [2.45, 2.75) is 6.92 Å². The van der Waals surface area contributed by atoms with E-state index in [1.165, 1.54) is 0 Å². The second kappa shape index (κ2) is 4.71. The van der Waals surface area contributed by atoms with E-state index in [-0.39, 0.29) is 0 Å². The van der Waals surface area contributed by atoms with Crippen LogP contribution in [0, 0.1) is 6.92 Å². The molecule has 1 heterocycles. The second-order valence-corrected chi connectivity index (χ2v) is 4.33. The maximum Gasteiger partial charge on any atom is 0.177 e. The average molecular weight is 296 g/mol. The number of carbonyl (C=O) groups is 1. The predicted molar refractivity (Wildman–Crippen MR) is 66.3 cm³/mol. The Morgan fingerprint density at radius 2 is 2.24 bits per heavy atom. The highest BCUT2D eigenvalue weighted by molar-refractivity contribution is 9.10. The number of aromatic nitrogens is 1. The number of aldehydes is 1. The fraction of sp³-hybridized carbons (Fsp3) is 0.167. The van der Waals surface area contributed by atoms with Gasteiger partial charge in [-0.1, -0.05) is 5.16 Å². The van der Waals surface area contributed by atoms with E-state index in [0.29, 0.717) is 17.0 Å². The zero-order valence-electron chi connectivity index (χ0n) is 9.36. The summed E-state index contributed by atoms with van der Waals surface area (Å²) < 4.78 is 11.1. The average Bonchev–Trinajstić information content (AvgIpc) is 2.70. The number of carbonyl (C=O) groups excluding carboxylic acids is 1. The maximum atomic E-state index is 11.0. The first-order valence-corrected chi connectivity index (χ1v) is 5.72. The number of hydrogen-bond donors (Lipinski definition) is 0. The molecule has 0 amide bonds. The van der Waals surface area contributed by atoms with Crippen LogP contribution in [0.3, 0.4) is 0 Å². The molecule has 0 bridgehead atoms. The van der Waals surface area contributed by atoms with Gasteiger partial charge in [-0.15, -0.1) is 0 Å². The molecule has 2 aromatic rings. The van der Waals surface area contributed by atoms with Gasteiger partial charge < -0.3 is 9.26 Å². The fourth-order valence-electron chi connectivity index (χ4n) is 1.53. The van der Waals surface area contributed by atoms with Gasteiger partial charge in [0.2, 0.25) is 0 Å². The summed E-state index contributed by atoms with van der Waals surface area (Å²) in [6, 6.07) is 5.44. The molecule has 0 aliphatic carbocycles. The van der Waals surface area contributed by atoms with E-state index in [4.69, 9.17) is 9.26 Å². The standard InChI is InChI=1S/C12H10BrNO3/c1-7-9(6-15)12(17-14-7)8-3-4-11(16-2)10(13)5-8/h3-6H,1-2H3. The molecule has 0 fully saturated rings. The van der Waals surface area contributed by atoms with Crippen molar-refractivity contribution in [3.05, 3.63) is 33.9 Å². The van der Waals surface area contributed by atoms with E-state index >= 15 is 0 Å². The van der Waals surface area contributed by atoms with E-state index < -0.39 is 0 Å². The summed E-state index contributed by atoms with van der Waals surface area (Å²) in [6.07, 6.45) is 0.749. The minimum atomic E-state index is 0.473. The Kier molecular flexibility index (Phi) is 3.28. The number of halogens is 1. The highest BCUT2D eigenvalue weighted by Gasteiger charge is 2.15. The molecular weight excluding hydrogens is 286 g/mol. The SMILES string of the molecule is COc1ccc(-c2onc(C)c2C=O)cc1Br. The van der Waals surface area contributed by atoms with Crippen LogP contribution in [0.2, 0.25) is 0 Å². The normalized spacial score (nSPS) is 10.3. The molecule has 0 aliphatic rings. The Morgan fingerprint density at radius 3 is 2.82 bits per heavy atom. The Hall–Kier alpha value is -1.62.